The van der Waals surface area contributed by atoms with Crippen LogP contribution in [0.4, 0.5) is 0 Å². The molecule has 0 bridgehead atoms. The molecule has 4 N–H and O–H groups in total. The van der Waals surface area contributed by atoms with Crippen LogP contribution in [0.3, 0.4) is 0 Å². The lowest BCUT2D eigenvalue weighted by atomic mass is 9.74. The number of nitrogens with two attached hydrogens (primary N) is 1. The molecule has 1 saturated heterocycles. The molecule has 0 aromatic heterocycles. The molecule has 3 aromatic rings. The number of nitriles is 1. The number of hydrazine groups is 1. The number of benzene rings is 3. The van der Waals surface area contributed by atoms with Gasteiger partial charge in [0.1, 0.15) is 6.07 Å². The van der Waals surface area contributed by atoms with E-state index in [1.165, 1.54) is 5.39 Å². The summed E-state index contributed by atoms with van der Waals surface area (Å²) in [6.45, 7) is 0. The summed E-state index contributed by atoms with van der Waals surface area (Å²) in [7, 11) is 3.20. The van der Waals surface area contributed by atoms with E-state index in [-0.39, 0.29) is 30.0 Å². The molecule has 162 valence electrons. The summed E-state index contributed by atoms with van der Waals surface area (Å²) in [5.41, 5.74) is 15.2. The highest BCUT2D eigenvalue weighted by molar-refractivity contribution is 5.83. The summed E-state index contributed by atoms with van der Waals surface area (Å²) in [5, 5.41) is 12.3. The number of hydrogen-bond donors (Lipinski definition) is 3. The quantitative estimate of drug-likeness (QED) is 0.585. The van der Waals surface area contributed by atoms with Crippen LogP contribution in [0.1, 0.15) is 23.1 Å². The van der Waals surface area contributed by atoms with E-state index in [0.29, 0.717) is 17.1 Å². The van der Waals surface area contributed by atoms with Crippen LogP contribution in [0.5, 0.6) is 11.5 Å². The maximum absolute atomic E-state index is 9.97. The number of ether oxygens (including phenoxy) is 3. The average molecular weight is 428 g/mol. The van der Waals surface area contributed by atoms with Crippen LogP contribution in [0.15, 0.2) is 72.1 Å². The summed E-state index contributed by atoms with van der Waals surface area (Å²) in [6, 6.07) is 22.6. The first-order valence-electron chi connectivity index (χ1n) is 10.4. The number of fused-ring (bicyclic) bond motifs is 2. The van der Waals surface area contributed by atoms with Crippen LogP contribution in [0.2, 0.25) is 0 Å². The van der Waals surface area contributed by atoms with Crippen LogP contribution < -0.4 is 26.1 Å². The first-order valence-corrected chi connectivity index (χ1v) is 10.4. The highest BCUT2D eigenvalue weighted by Crippen LogP contribution is 2.48. The van der Waals surface area contributed by atoms with Gasteiger partial charge in [-0.3, -0.25) is 0 Å². The normalized spacial score (nSPS) is 24.5. The highest BCUT2D eigenvalue weighted by Gasteiger charge is 2.49. The number of allylic oxidation sites excluding steroid dienone is 1. The lowest BCUT2D eigenvalue weighted by Crippen LogP contribution is -2.41. The number of nitrogens with one attached hydrogen (secondary N) is 2. The monoisotopic (exact) mass is 428 g/mol. The van der Waals surface area contributed by atoms with Crippen molar-refractivity contribution in [3.63, 3.8) is 0 Å². The Balaban J connectivity index is 1.62. The van der Waals surface area contributed by atoms with E-state index in [4.69, 9.17) is 19.9 Å². The van der Waals surface area contributed by atoms with Gasteiger partial charge in [-0.25, -0.2) is 10.9 Å². The van der Waals surface area contributed by atoms with E-state index >= 15 is 0 Å². The maximum atomic E-state index is 9.97. The molecule has 2 heterocycles. The van der Waals surface area contributed by atoms with Crippen molar-refractivity contribution in [1.29, 1.82) is 5.26 Å². The Hall–Kier alpha value is -3.73. The fourth-order valence-electron chi connectivity index (χ4n) is 4.83. The summed E-state index contributed by atoms with van der Waals surface area (Å²) in [5.74, 6) is 0.963. The minimum absolute atomic E-state index is 0.0980. The Morgan fingerprint density at radius 3 is 2.41 bits per heavy atom. The lowest BCUT2D eigenvalue weighted by molar-refractivity contribution is 0.0340. The third-order valence-corrected chi connectivity index (χ3v) is 6.35. The molecule has 5 rings (SSSR count). The second kappa shape index (κ2) is 8.08. The summed E-state index contributed by atoms with van der Waals surface area (Å²) < 4.78 is 16.8. The lowest BCUT2D eigenvalue weighted by Gasteiger charge is -2.36. The van der Waals surface area contributed by atoms with E-state index in [9.17, 15) is 5.26 Å². The standard InChI is InChI=1S/C25H24N4O3/c1-30-19-10-9-16(12-20(19)31-2)21-18(13-26)24(27)32-25-22(21)23(28-29-25)17-8-7-14-5-3-4-6-15(14)11-17/h3-12,21-23,25,28-29H,27H2,1-2H3. The van der Waals surface area contributed by atoms with Gasteiger partial charge in [0, 0.05) is 11.8 Å². The van der Waals surface area contributed by atoms with Crippen molar-refractivity contribution in [1.82, 2.24) is 10.9 Å². The van der Waals surface area contributed by atoms with Gasteiger partial charge in [-0.1, -0.05) is 42.5 Å². The molecule has 4 atom stereocenters. The zero-order valence-corrected chi connectivity index (χ0v) is 17.8. The molecule has 2 aliphatic heterocycles. The molecule has 1 fully saturated rings. The van der Waals surface area contributed by atoms with Gasteiger partial charge in [-0.2, -0.15) is 5.26 Å². The van der Waals surface area contributed by atoms with Crippen LogP contribution in [0, 0.1) is 17.2 Å². The van der Waals surface area contributed by atoms with Crippen LogP contribution in [-0.2, 0) is 4.74 Å². The molecule has 4 unspecified atom stereocenters. The molecule has 7 heteroatoms. The van der Waals surface area contributed by atoms with E-state index < -0.39 is 0 Å². The Morgan fingerprint density at radius 2 is 1.66 bits per heavy atom. The molecule has 2 aliphatic rings. The van der Waals surface area contributed by atoms with E-state index in [0.717, 1.165) is 16.5 Å². The van der Waals surface area contributed by atoms with Crippen LogP contribution >= 0.6 is 0 Å². The van der Waals surface area contributed by atoms with Gasteiger partial charge in [-0.15, -0.1) is 0 Å². The first-order chi connectivity index (χ1) is 15.6. The average Bonchev–Trinajstić information content (AvgIpc) is 3.25. The van der Waals surface area contributed by atoms with E-state index in [2.05, 4.69) is 47.3 Å². The molecule has 0 amide bonds. The topological polar surface area (TPSA) is 102 Å². The Kier molecular flexibility index (Phi) is 5.10. The van der Waals surface area contributed by atoms with Crippen molar-refractivity contribution in [3.8, 4) is 17.6 Å². The van der Waals surface area contributed by atoms with Crippen molar-refractivity contribution >= 4 is 10.8 Å². The molecule has 3 aromatic carbocycles. The number of methoxy groups -OCH3 is 2. The summed E-state index contributed by atoms with van der Waals surface area (Å²) >= 11 is 0. The van der Waals surface area contributed by atoms with Gasteiger partial charge in [-0.05, 0) is 40.1 Å². The molecule has 7 nitrogen and oxygen atoms in total. The SMILES string of the molecule is COc1ccc(C2C(C#N)=C(N)OC3NNC(c4ccc5ccccc5c4)C32)cc1OC. The third-order valence-electron chi connectivity index (χ3n) is 6.35. The Labute approximate surface area is 186 Å². The van der Waals surface area contributed by atoms with Crippen molar-refractivity contribution < 1.29 is 14.2 Å². The van der Waals surface area contributed by atoms with Gasteiger partial charge in [0.2, 0.25) is 5.88 Å². The zero-order chi connectivity index (χ0) is 22.2. The second-order valence-electron chi connectivity index (χ2n) is 7.97. The van der Waals surface area contributed by atoms with E-state index in [1.807, 2.05) is 30.3 Å². The third kappa shape index (κ3) is 3.21. The zero-order valence-electron chi connectivity index (χ0n) is 17.8. The maximum Gasteiger partial charge on any atom is 0.200 e. The molecular weight excluding hydrogens is 404 g/mol. The number of hydrogen-bond acceptors (Lipinski definition) is 7. The fraction of sp³-hybridized carbons (Fsp3) is 0.240. The molecular formula is C25H24N4O3. The molecule has 32 heavy (non-hydrogen) atoms. The largest absolute Gasteiger partial charge is 0.493 e. The van der Waals surface area contributed by atoms with Crippen molar-refractivity contribution in [2.45, 2.75) is 18.2 Å². The van der Waals surface area contributed by atoms with Gasteiger partial charge in [0.05, 0.1) is 25.8 Å². The predicted molar refractivity (Wildman–Crippen MR) is 120 cm³/mol. The highest BCUT2D eigenvalue weighted by atomic mass is 16.5. The summed E-state index contributed by atoms with van der Waals surface area (Å²) in [4.78, 5) is 0. The fourth-order valence-corrected chi connectivity index (χ4v) is 4.83. The molecule has 0 aliphatic carbocycles. The molecule has 0 radical (unpaired) electrons. The van der Waals surface area contributed by atoms with E-state index in [1.54, 1.807) is 14.2 Å². The second-order valence-corrected chi connectivity index (χ2v) is 7.97. The Bertz CT molecular complexity index is 1250. The predicted octanol–water partition coefficient (Wildman–Crippen LogP) is 3.46. The minimum Gasteiger partial charge on any atom is -0.493 e. The minimum atomic E-state index is -0.387. The van der Waals surface area contributed by atoms with Crippen molar-refractivity contribution in [2.24, 2.45) is 11.7 Å². The van der Waals surface area contributed by atoms with Crippen molar-refractivity contribution in [3.05, 3.63) is 83.2 Å². The van der Waals surface area contributed by atoms with Gasteiger partial charge in [0.15, 0.2) is 17.7 Å². The van der Waals surface area contributed by atoms with Gasteiger partial charge < -0.3 is 19.9 Å². The van der Waals surface area contributed by atoms with Crippen molar-refractivity contribution in [2.75, 3.05) is 14.2 Å². The van der Waals surface area contributed by atoms with Crippen LogP contribution in [0.25, 0.3) is 10.8 Å². The van der Waals surface area contributed by atoms with Crippen LogP contribution in [-0.4, -0.2) is 20.4 Å². The smallest absolute Gasteiger partial charge is 0.200 e. The molecule has 0 saturated carbocycles. The van der Waals surface area contributed by atoms with Gasteiger partial charge in [0.25, 0.3) is 0 Å². The number of nitrogens with zero attached hydrogens (tertiary/aromatic N) is 1. The number of rotatable bonds is 4. The molecule has 0 spiro atoms. The first kappa shape index (κ1) is 20.2. The Morgan fingerprint density at radius 1 is 0.906 bits per heavy atom. The summed E-state index contributed by atoms with van der Waals surface area (Å²) in [6.07, 6.45) is -0.387. The van der Waals surface area contributed by atoms with Gasteiger partial charge >= 0.3 is 0 Å².